The number of aromatic nitrogens is 1. The Morgan fingerprint density at radius 3 is 1.80 bits per heavy atom. The molecular formula is C56H101BBr2Cl2FN6O7. The molecule has 5 fully saturated rings. The minimum atomic E-state index is -0.839. The van der Waals surface area contributed by atoms with Crippen molar-refractivity contribution in [2.75, 3.05) is 98.3 Å². The molecule has 6 aliphatic rings. The van der Waals surface area contributed by atoms with E-state index in [1.54, 1.807) is 30.5 Å². The van der Waals surface area contributed by atoms with E-state index >= 15 is 0 Å². The molecule has 75 heavy (non-hydrogen) atoms. The first kappa shape index (κ1) is 81.3. The quantitative estimate of drug-likeness (QED) is 0.131. The summed E-state index contributed by atoms with van der Waals surface area (Å²) in [5.41, 5.74) is 0. The smallest absolute Gasteiger partial charge is 0.167 e. The molecular weight excluding hydrogens is 1130 g/mol. The van der Waals surface area contributed by atoms with Crippen LogP contribution < -0.4 is 0 Å². The Hall–Kier alpha value is -2.55. The number of fused-ring (bicyclic) bond motifs is 1. The molecule has 1 aromatic rings. The van der Waals surface area contributed by atoms with Crippen molar-refractivity contribution in [2.24, 2.45) is 0 Å². The topological polar surface area (TPSA) is 139 Å². The molecule has 6 aliphatic heterocycles. The largest absolute Gasteiger partial charge is 0.506 e. The predicted molar refractivity (Wildman–Crippen MR) is 329 cm³/mol. The Labute approximate surface area is 486 Å². The van der Waals surface area contributed by atoms with Crippen LogP contribution in [0.3, 0.4) is 0 Å². The summed E-state index contributed by atoms with van der Waals surface area (Å²) in [6.45, 7) is 27.3. The van der Waals surface area contributed by atoms with Crippen molar-refractivity contribution >= 4 is 80.8 Å². The molecule has 3 radical (unpaired) electrons. The average molecular weight is 1230 g/mol. The molecule has 7 rings (SSSR count). The first-order valence-corrected chi connectivity index (χ1v) is 27.7. The number of alkyl halides is 2. The zero-order chi connectivity index (χ0) is 53.8. The molecule has 0 aliphatic carbocycles. The monoisotopic (exact) mass is 1230 g/mol. The number of halogens is 5. The van der Waals surface area contributed by atoms with Gasteiger partial charge in [0.25, 0.3) is 0 Å². The van der Waals surface area contributed by atoms with Gasteiger partial charge in [-0.2, -0.15) is 0 Å². The third-order valence-electron chi connectivity index (χ3n) is 12.0. The van der Waals surface area contributed by atoms with E-state index in [1.807, 2.05) is 34.1 Å². The second-order valence-electron chi connectivity index (χ2n) is 18.2. The molecule has 0 bridgehead atoms. The van der Waals surface area contributed by atoms with Crippen LogP contribution in [0, 0.1) is 0 Å². The lowest BCUT2D eigenvalue weighted by Gasteiger charge is -2.32. The number of hydrogen-bond acceptors (Lipinski definition) is 13. The van der Waals surface area contributed by atoms with E-state index in [4.69, 9.17) is 37.8 Å². The van der Waals surface area contributed by atoms with Gasteiger partial charge in [0.05, 0.1) is 37.5 Å². The summed E-state index contributed by atoms with van der Waals surface area (Å²) in [5, 5.41) is 21.4. The maximum absolute atomic E-state index is 11.4. The van der Waals surface area contributed by atoms with Crippen LogP contribution in [0.15, 0.2) is 97.5 Å². The minimum absolute atomic E-state index is 0. The van der Waals surface area contributed by atoms with Crippen molar-refractivity contribution in [1.29, 1.82) is 0 Å². The molecule has 13 nitrogen and oxygen atoms in total. The van der Waals surface area contributed by atoms with Gasteiger partial charge >= 0.3 is 0 Å². The van der Waals surface area contributed by atoms with E-state index < -0.39 is 5.79 Å². The lowest BCUT2D eigenvalue weighted by Crippen LogP contribution is -2.43. The number of ether oxygens (including phenoxy) is 2. The van der Waals surface area contributed by atoms with Crippen LogP contribution in [0.2, 0.25) is 0 Å². The summed E-state index contributed by atoms with van der Waals surface area (Å²) in [5.74, 6) is 1.51. The fourth-order valence-corrected chi connectivity index (χ4v) is 8.21. The number of ketones is 3. The minimum Gasteiger partial charge on any atom is -0.506 e. The summed E-state index contributed by atoms with van der Waals surface area (Å²) < 4.78 is 11.1. The van der Waals surface area contributed by atoms with E-state index in [0.29, 0.717) is 71.2 Å². The zero-order valence-electron chi connectivity index (χ0n) is 44.8. The molecule has 0 aromatic carbocycles. The van der Waals surface area contributed by atoms with Crippen LogP contribution in [0.5, 0.6) is 5.75 Å². The number of nitrogens with zero attached hydrogens (tertiary/aromatic N) is 6. The number of piperidine rings is 4. The number of hydrogen-bond donors (Lipinski definition) is 2. The number of rotatable bonds is 10. The van der Waals surface area contributed by atoms with Gasteiger partial charge in [-0.25, -0.2) is 0 Å². The molecule has 5 unspecified atom stereocenters. The van der Waals surface area contributed by atoms with Crippen molar-refractivity contribution in [3.8, 4) is 5.75 Å². The van der Waals surface area contributed by atoms with Gasteiger partial charge in [0.1, 0.15) is 35.5 Å². The van der Waals surface area contributed by atoms with Gasteiger partial charge in [-0.05, 0) is 131 Å². The van der Waals surface area contributed by atoms with Gasteiger partial charge in [-0.3, -0.25) is 43.7 Å². The van der Waals surface area contributed by atoms with E-state index in [0.717, 1.165) is 108 Å². The number of allylic oxidation sites excluding steroid dienone is 2. The average Bonchev–Trinajstić information content (AvgIpc) is 3.70. The Morgan fingerprint density at radius 1 is 0.867 bits per heavy atom. The van der Waals surface area contributed by atoms with E-state index in [-0.39, 0.29) is 54.8 Å². The number of carbonyl (C=O) groups excluding carboxylic acids is 3. The zero-order valence-corrected chi connectivity index (χ0v) is 49.5. The lowest BCUT2D eigenvalue weighted by molar-refractivity contribution is -0.195. The Morgan fingerprint density at radius 2 is 1.41 bits per heavy atom. The van der Waals surface area contributed by atoms with E-state index in [9.17, 15) is 19.5 Å². The molecule has 19 heteroatoms. The third-order valence-corrected chi connectivity index (χ3v) is 13.7. The fraction of sp³-hybridized carbons (Fsp3) is 0.643. The molecule has 7 heterocycles. The maximum atomic E-state index is 11.4. The van der Waals surface area contributed by atoms with Gasteiger partial charge in [-0.15, -0.1) is 13.2 Å². The highest BCUT2D eigenvalue weighted by Gasteiger charge is 2.46. The standard InChI is InChI=1S/C10H19NO2.C9H14ClNO.2C9H15NO.C6H11NO.C5H5NO.C3H4BrCl.C3H5Br.2CH4.B.FH.2H2/c1-3-10(12)7-8-9(13-10)5-4-6-11(8)2;1-7(10)6-8-9(12)4-3-5-11(8)2;1-3-7-11-9-5-4-6-10(2)8-9;1-3-5-8-9(11)6-4-7-10(8)2;1-7-4-2-3-6(8)5-7;7-5-2-1-3-6-4-5;1-3(5)2-4;1-2-3-4;;;;;;/h8-9,12H,3-7H2,1-2H3;8H,1,3-6H2,2H3;3,5H,1,4,6-8H2,2H3;3,8H,1,4-7H2,2H3;2-5H2,1H3;1-4,7H;1-2H2;2H,1,3H2;2*1H4;;3*1H/i;;;;;;;;;;;;1+1;. The molecule has 0 saturated carbocycles. The van der Waals surface area contributed by atoms with E-state index in [1.165, 1.54) is 12.6 Å². The predicted octanol–water partition coefficient (Wildman–Crippen LogP) is 11.7. The number of Topliss-reactive ketones (excluding diaryl/α,β-unsaturated/α-hetero) is 3. The van der Waals surface area contributed by atoms with Gasteiger partial charge in [0, 0.05) is 82.9 Å². The summed E-state index contributed by atoms with van der Waals surface area (Å²) in [4.78, 5) is 47.8. The van der Waals surface area contributed by atoms with Gasteiger partial charge < -0.3 is 24.6 Å². The van der Waals surface area contributed by atoms with Crippen molar-refractivity contribution in [2.45, 2.75) is 135 Å². The Kier molecular flexibility index (Phi) is 52.7. The SMILES string of the molecule is C.C.C=C(Cl)CBr.C=C(Cl)CC1C(=O)CCCN1C.C=CCBr.C=CCC1C(=O)CCCN1C.C=CCOC1=CCCN(C)C1.CCC1(O)CC2C(CCCN2C)O1.CN1CCCC(=O)C1.F.Oc1cccnc1.[2HH].[B].[HH]. The highest BCUT2D eigenvalue weighted by molar-refractivity contribution is 9.09. The molecule has 5 atom stereocenters. The summed E-state index contributed by atoms with van der Waals surface area (Å²) in [6, 6.07) is 3.78. The summed E-state index contributed by atoms with van der Waals surface area (Å²) in [6.07, 6.45) is 22.4. The lowest BCUT2D eigenvalue weighted by atomic mass is 9.96. The highest BCUT2D eigenvalue weighted by atomic mass is 79.9. The molecule has 1 aromatic heterocycles. The summed E-state index contributed by atoms with van der Waals surface area (Å²) >= 11 is 17.1. The first-order valence-electron chi connectivity index (χ1n) is 24.7. The Bertz CT molecular complexity index is 1780. The van der Waals surface area contributed by atoms with Crippen molar-refractivity contribution in [3.05, 3.63) is 97.5 Å². The van der Waals surface area contributed by atoms with Crippen LogP contribution in [-0.2, 0) is 23.9 Å². The van der Waals surface area contributed by atoms with Gasteiger partial charge in [0.2, 0.25) is 0 Å². The van der Waals surface area contributed by atoms with Gasteiger partial charge in [0.15, 0.2) is 5.79 Å². The van der Waals surface area contributed by atoms with Crippen molar-refractivity contribution < 1.29 is 41.6 Å². The molecule has 5 saturated heterocycles. The Balaban J connectivity index is -0.000000147. The van der Waals surface area contributed by atoms with Crippen molar-refractivity contribution in [3.63, 3.8) is 0 Å². The molecule has 435 valence electrons. The van der Waals surface area contributed by atoms with Crippen LogP contribution in [0.1, 0.15) is 108 Å². The normalized spacial score (nSPS) is 23.1. The van der Waals surface area contributed by atoms with Crippen LogP contribution in [0.25, 0.3) is 0 Å². The maximum Gasteiger partial charge on any atom is 0.167 e. The number of likely N-dealkylation sites (tertiary alicyclic amines) is 4. The number of aromatic hydroxyl groups is 1. The van der Waals surface area contributed by atoms with Gasteiger partial charge in [-0.1, -0.05) is 115 Å². The first-order chi connectivity index (χ1) is 33.7. The molecule has 2 N–H and O–H groups in total. The number of pyridine rings is 1. The molecule has 0 amide bonds. The van der Waals surface area contributed by atoms with Crippen LogP contribution in [0.4, 0.5) is 4.70 Å². The van der Waals surface area contributed by atoms with Crippen molar-refractivity contribution in [1.82, 2.24) is 29.5 Å². The second-order valence-corrected chi connectivity index (χ2v) is 20.5. The van der Waals surface area contributed by atoms with Crippen LogP contribution >= 0.6 is 55.1 Å². The second kappa shape index (κ2) is 48.6. The number of aliphatic hydroxyl groups is 1. The van der Waals surface area contributed by atoms with Crippen LogP contribution in [-0.4, -0.2) is 194 Å². The molecule has 0 spiro atoms. The fourth-order valence-electron chi connectivity index (χ4n) is 8.07. The van der Waals surface area contributed by atoms with E-state index in [2.05, 4.69) is 114 Å². The highest BCUT2D eigenvalue weighted by Crippen LogP contribution is 2.37. The number of carbonyl (C=O) groups is 3. The summed E-state index contributed by atoms with van der Waals surface area (Å²) in [7, 11) is 10.2. The third kappa shape index (κ3) is 38.6. The number of likely N-dealkylation sites (N-methyl/N-ethyl adjacent to an activating group) is 5.